The average Bonchev–Trinajstić information content (AvgIpc) is 2.97. The van der Waals surface area contributed by atoms with Crippen LogP contribution in [0, 0.1) is 26.9 Å². The van der Waals surface area contributed by atoms with Crippen LogP contribution in [0.1, 0.15) is 40.0 Å². The summed E-state index contributed by atoms with van der Waals surface area (Å²) in [5.41, 5.74) is 3.49. The van der Waals surface area contributed by atoms with Gasteiger partial charge in [-0.05, 0) is 42.7 Å². The lowest BCUT2D eigenvalue weighted by Crippen LogP contribution is -2.35. The minimum atomic E-state index is -0.575. The maximum Gasteiger partial charge on any atom is 0.314 e. The zero-order chi connectivity index (χ0) is 19.8. The first-order chi connectivity index (χ1) is 12.7. The number of hydrogen-bond donors (Lipinski definition) is 1. The monoisotopic (exact) mass is 375 g/mol. The van der Waals surface area contributed by atoms with Gasteiger partial charge in [-0.2, -0.15) is 5.10 Å². The summed E-state index contributed by atoms with van der Waals surface area (Å²) >= 11 is 0. The first-order valence-corrected chi connectivity index (χ1v) is 9.00. The van der Waals surface area contributed by atoms with E-state index in [9.17, 15) is 14.9 Å². The molecule has 2 atom stereocenters. The van der Waals surface area contributed by atoms with Crippen LogP contribution in [0.4, 0.5) is 5.69 Å². The molecule has 0 heterocycles. The van der Waals surface area contributed by atoms with Gasteiger partial charge in [0.2, 0.25) is 0 Å². The van der Waals surface area contributed by atoms with Gasteiger partial charge in [-0.3, -0.25) is 14.9 Å². The molecule has 8 nitrogen and oxygen atoms in total. The van der Waals surface area contributed by atoms with Crippen molar-refractivity contribution in [3.63, 3.8) is 0 Å². The molecule has 1 aromatic rings. The molecule has 1 aromatic carbocycles. The molecule has 0 aromatic heterocycles. The number of carbonyl (C=O) groups excluding carboxylic acids is 1. The first-order valence-electron chi connectivity index (χ1n) is 9.00. The molecule has 1 N–H and O–H groups in total. The number of amides is 1. The van der Waals surface area contributed by atoms with E-state index in [1.807, 2.05) is 0 Å². The molecule has 0 spiro atoms. The van der Waals surface area contributed by atoms with Gasteiger partial charge in [0.25, 0.3) is 5.91 Å². The van der Waals surface area contributed by atoms with E-state index in [1.165, 1.54) is 25.7 Å². The van der Waals surface area contributed by atoms with E-state index in [4.69, 9.17) is 9.47 Å². The van der Waals surface area contributed by atoms with Crippen LogP contribution in [-0.4, -0.2) is 30.3 Å². The zero-order valence-electron chi connectivity index (χ0n) is 16.1. The van der Waals surface area contributed by atoms with Crippen molar-refractivity contribution in [1.29, 1.82) is 0 Å². The van der Waals surface area contributed by atoms with Crippen molar-refractivity contribution in [2.75, 3.05) is 13.7 Å². The maximum absolute atomic E-state index is 12.1. The number of methoxy groups -OCH3 is 1. The lowest BCUT2D eigenvalue weighted by atomic mass is 9.70. The first kappa shape index (κ1) is 19.1. The fourth-order valence-corrected chi connectivity index (χ4v) is 4.29. The highest BCUT2D eigenvalue weighted by Gasteiger charge is 2.60. The summed E-state index contributed by atoms with van der Waals surface area (Å²) < 4.78 is 10.3. The third kappa shape index (κ3) is 3.24. The SMILES string of the molecule is COc1ccc(OCC(=O)N/N=C2/C[C@H]3CC[C@]2(C)C3(C)C)c([N+](=O)[O-])c1. The van der Waals surface area contributed by atoms with Gasteiger partial charge in [-0.25, -0.2) is 5.43 Å². The Balaban J connectivity index is 1.62. The third-order valence-electron chi connectivity index (χ3n) is 6.55. The number of benzene rings is 1. The summed E-state index contributed by atoms with van der Waals surface area (Å²) in [5.74, 6) is 0.502. The summed E-state index contributed by atoms with van der Waals surface area (Å²) in [6.07, 6.45) is 3.17. The van der Waals surface area contributed by atoms with Gasteiger partial charge in [-0.1, -0.05) is 20.8 Å². The molecule has 146 valence electrons. The Bertz CT molecular complexity index is 805. The van der Waals surface area contributed by atoms with Crippen LogP contribution in [0.15, 0.2) is 23.3 Å². The largest absolute Gasteiger partial charge is 0.496 e. The van der Waals surface area contributed by atoms with Crippen molar-refractivity contribution < 1.29 is 19.2 Å². The lowest BCUT2D eigenvalue weighted by molar-refractivity contribution is -0.385. The minimum absolute atomic E-state index is 0.000569. The normalized spacial score (nSPS) is 26.8. The number of ether oxygens (including phenoxy) is 2. The molecule has 0 radical (unpaired) electrons. The molecule has 2 fully saturated rings. The molecule has 2 aliphatic rings. The summed E-state index contributed by atoms with van der Waals surface area (Å²) in [7, 11) is 1.42. The lowest BCUT2D eigenvalue weighted by Gasteiger charge is -2.34. The van der Waals surface area contributed by atoms with Gasteiger partial charge >= 0.3 is 5.69 Å². The number of nitrogens with one attached hydrogen (secondary N) is 1. The quantitative estimate of drug-likeness (QED) is 0.607. The number of rotatable bonds is 6. The Morgan fingerprint density at radius 1 is 1.41 bits per heavy atom. The van der Waals surface area contributed by atoms with Crippen LogP contribution in [0.3, 0.4) is 0 Å². The molecule has 2 saturated carbocycles. The molecule has 27 heavy (non-hydrogen) atoms. The predicted octanol–water partition coefficient (Wildman–Crippen LogP) is 3.30. The number of carbonyl (C=O) groups is 1. The molecular weight excluding hydrogens is 350 g/mol. The summed E-state index contributed by atoms with van der Waals surface area (Å²) in [5, 5.41) is 15.5. The molecular formula is C19H25N3O5. The number of hydrogen-bond acceptors (Lipinski definition) is 6. The number of nitro groups is 1. The standard InChI is InChI=1S/C19H25N3O5/c1-18(2)12-7-8-19(18,3)16(9-12)20-21-17(23)11-27-15-6-5-13(26-4)10-14(15)22(24)25/h5-6,10,12H,7-9,11H2,1-4H3,(H,21,23)/b20-16-/t12-,19+/m1/s1. The van der Waals surface area contributed by atoms with E-state index in [1.54, 1.807) is 6.07 Å². The van der Waals surface area contributed by atoms with Crippen molar-refractivity contribution in [1.82, 2.24) is 5.43 Å². The maximum atomic E-state index is 12.1. The van der Waals surface area contributed by atoms with Gasteiger partial charge in [0.15, 0.2) is 12.4 Å². The van der Waals surface area contributed by atoms with Crippen molar-refractivity contribution >= 4 is 17.3 Å². The fourth-order valence-electron chi connectivity index (χ4n) is 4.29. The van der Waals surface area contributed by atoms with Gasteiger partial charge < -0.3 is 9.47 Å². The van der Waals surface area contributed by atoms with Crippen LogP contribution in [0.25, 0.3) is 0 Å². The molecule has 0 aliphatic heterocycles. The van der Waals surface area contributed by atoms with E-state index in [0.717, 1.165) is 18.6 Å². The summed E-state index contributed by atoms with van der Waals surface area (Å²) in [6.45, 7) is 6.39. The second-order valence-electron chi connectivity index (χ2n) is 7.97. The highest BCUT2D eigenvalue weighted by molar-refractivity contribution is 5.95. The number of hydrazone groups is 1. The Labute approximate surface area is 158 Å². The predicted molar refractivity (Wildman–Crippen MR) is 100.0 cm³/mol. The number of nitro benzene ring substituents is 1. The molecule has 2 bridgehead atoms. The highest BCUT2D eigenvalue weighted by atomic mass is 16.6. The van der Waals surface area contributed by atoms with Crippen molar-refractivity contribution in [2.45, 2.75) is 40.0 Å². The summed E-state index contributed by atoms with van der Waals surface area (Å²) in [4.78, 5) is 22.7. The van der Waals surface area contributed by atoms with Gasteiger partial charge in [0.1, 0.15) is 5.75 Å². The molecule has 8 heteroatoms. The van der Waals surface area contributed by atoms with Gasteiger partial charge in [0, 0.05) is 11.1 Å². The Morgan fingerprint density at radius 2 is 2.15 bits per heavy atom. The Hall–Kier alpha value is -2.64. The van der Waals surface area contributed by atoms with E-state index in [2.05, 4.69) is 31.3 Å². The van der Waals surface area contributed by atoms with Crippen LogP contribution in [0.5, 0.6) is 11.5 Å². The second-order valence-corrected chi connectivity index (χ2v) is 7.97. The average molecular weight is 375 g/mol. The molecule has 1 amide bonds. The van der Waals surface area contributed by atoms with Crippen LogP contribution >= 0.6 is 0 Å². The minimum Gasteiger partial charge on any atom is -0.496 e. The van der Waals surface area contributed by atoms with Gasteiger partial charge in [0.05, 0.1) is 18.1 Å². The van der Waals surface area contributed by atoms with Crippen molar-refractivity contribution in [3.05, 3.63) is 28.3 Å². The Morgan fingerprint density at radius 3 is 2.70 bits per heavy atom. The van der Waals surface area contributed by atoms with E-state index < -0.39 is 10.8 Å². The smallest absolute Gasteiger partial charge is 0.314 e. The third-order valence-corrected chi connectivity index (χ3v) is 6.55. The Kier molecular flexibility index (Phi) is 4.84. The number of nitrogens with zero attached hydrogens (tertiary/aromatic N) is 2. The van der Waals surface area contributed by atoms with E-state index >= 15 is 0 Å². The van der Waals surface area contributed by atoms with E-state index in [0.29, 0.717) is 11.7 Å². The highest BCUT2D eigenvalue weighted by Crippen LogP contribution is 2.63. The van der Waals surface area contributed by atoms with Gasteiger partial charge in [-0.15, -0.1) is 0 Å². The number of fused-ring (bicyclic) bond motifs is 2. The zero-order valence-corrected chi connectivity index (χ0v) is 16.1. The molecule has 2 aliphatic carbocycles. The van der Waals surface area contributed by atoms with Crippen molar-refractivity contribution in [3.8, 4) is 11.5 Å². The van der Waals surface area contributed by atoms with E-state index in [-0.39, 0.29) is 28.9 Å². The second kappa shape index (κ2) is 6.83. The summed E-state index contributed by atoms with van der Waals surface area (Å²) in [6, 6.07) is 4.21. The molecule has 3 rings (SSSR count). The van der Waals surface area contributed by atoms with Crippen LogP contribution in [0.2, 0.25) is 0 Å². The van der Waals surface area contributed by atoms with Crippen LogP contribution < -0.4 is 14.9 Å². The molecule has 0 saturated heterocycles. The van der Waals surface area contributed by atoms with Crippen molar-refractivity contribution in [2.24, 2.45) is 21.8 Å². The molecule has 0 unspecified atom stereocenters. The topological polar surface area (TPSA) is 103 Å². The van der Waals surface area contributed by atoms with Crippen LogP contribution in [-0.2, 0) is 4.79 Å². The fraction of sp³-hybridized carbons (Fsp3) is 0.579.